The zero-order chi connectivity index (χ0) is 22.6. The van der Waals surface area contributed by atoms with Crippen molar-refractivity contribution in [1.29, 1.82) is 5.26 Å². The molecule has 0 bridgehead atoms. The van der Waals surface area contributed by atoms with Gasteiger partial charge >= 0.3 is 0 Å². The molecular weight excluding hydrogens is 416 g/mol. The van der Waals surface area contributed by atoms with E-state index in [2.05, 4.69) is 88.0 Å². The minimum absolute atomic E-state index is 0.644. The molecule has 0 unspecified atom stereocenters. The van der Waals surface area contributed by atoms with Crippen LogP contribution in [-0.4, -0.2) is 14.1 Å². The second kappa shape index (κ2) is 7.06. The van der Waals surface area contributed by atoms with E-state index in [-0.39, 0.29) is 0 Å². The zero-order valence-electron chi connectivity index (χ0n) is 18.2. The summed E-state index contributed by atoms with van der Waals surface area (Å²) in [4.78, 5) is 4.75. The Morgan fingerprint density at radius 1 is 0.588 bits per heavy atom. The van der Waals surface area contributed by atoms with Crippen LogP contribution < -0.4 is 0 Å². The van der Waals surface area contributed by atoms with Crippen LogP contribution in [0.2, 0.25) is 0 Å². The number of hydrogen-bond acceptors (Lipinski definition) is 2. The first-order valence-corrected chi connectivity index (χ1v) is 11.2. The molecule has 3 heterocycles. The summed E-state index contributed by atoms with van der Waals surface area (Å²) in [6.07, 6.45) is 1.85. The lowest BCUT2D eigenvalue weighted by Gasteiger charge is -2.14. The summed E-state index contributed by atoms with van der Waals surface area (Å²) in [5.41, 5.74) is 8.16. The van der Waals surface area contributed by atoms with Crippen LogP contribution >= 0.6 is 0 Å². The number of fused-ring (bicyclic) bond motifs is 6. The highest BCUT2D eigenvalue weighted by Crippen LogP contribution is 2.38. The second-order valence-electron chi connectivity index (χ2n) is 8.41. The van der Waals surface area contributed by atoms with Crippen LogP contribution in [0, 0.1) is 11.3 Å². The summed E-state index contributed by atoms with van der Waals surface area (Å²) in [5, 5.41) is 12.9. The molecule has 0 saturated carbocycles. The lowest BCUT2D eigenvalue weighted by molar-refractivity contribution is 1.13. The van der Waals surface area contributed by atoms with Gasteiger partial charge in [0.05, 0.1) is 44.9 Å². The average molecular weight is 435 g/mol. The highest BCUT2D eigenvalue weighted by Gasteiger charge is 2.19. The van der Waals surface area contributed by atoms with Gasteiger partial charge in [-0.05, 0) is 54.6 Å². The second-order valence-corrected chi connectivity index (χ2v) is 8.41. The summed E-state index contributed by atoms with van der Waals surface area (Å²) in [7, 11) is 0. The van der Waals surface area contributed by atoms with Gasteiger partial charge < -0.3 is 9.13 Å². The molecule has 7 aromatic rings. The Morgan fingerprint density at radius 3 is 1.94 bits per heavy atom. The van der Waals surface area contributed by atoms with Crippen molar-refractivity contribution in [2.45, 2.75) is 0 Å². The third kappa shape index (κ3) is 2.49. The van der Waals surface area contributed by atoms with Crippen LogP contribution in [0.3, 0.4) is 0 Å². The molecule has 0 radical (unpaired) electrons. The van der Waals surface area contributed by atoms with Crippen molar-refractivity contribution in [1.82, 2.24) is 14.1 Å². The number of nitriles is 1. The van der Waals surface area contributed by atoms with E-state index >= 15 is 0 Å². The Kier molecular flexibility index (Phi) is 3.88. The van der Waals surface area contributed by atoms with Crippen LogP contribution in [0.5, 0.6) is 0 Å². The van der Waals surface area contributed by atoms with Gasteiger partial charge in [-0.1, -0.05) is 48.5 Å². The van der Waals surface area contributed by atoms with Gasteiger partial charge in [0, 0.05) is 28.0 Å². The van der Waals surface area contributed by atoms with Crippen molar-refractivity contribution in [3.8, 4) is 17.4 Å². The Labute approximate surface area is 195 Å². The van der Waals surface area contributed by atoms with Crippen LogP contribution in [0.25, 0.3) is 55.1 Å². The SMILES string of the molecule is N#Cc1ccc(-n2c3cccnc3c3cccc(-n4c5ccccc5c5ccccc54)c32)cc1. The number of hydrogen-bond donors (Lipinski definition) is 0. The quantitative estimate of drug-likeness (QED) is 0.290. The topological polar surface area (TPSA) is 46.5 Å². The van der Waals surface area contributed by atoms with Gasteiger partial charge in [-0.3, -0.25) is 4.98 Å². The maximum Gasteiger partial charge on any atom is 0.0991 e. The van der Waals surface area contributed by atoms with Crippen LogP contribution in [0.15, 0.2) is 109 Å². The van der Waals surface area contributed by atoms with Crippen molar-refractivity contribution in [3.63, 3.8) is 0 Å². The molecule has 7 rings (SSSR count). The van der Waals surface area contributed by atoms with E-state index in [0.717, 1.165) is 33.3 Å². The third-order valence-electron chi connectivity index (χ3n) is 6.60. The van der Waals surface area contributed by atoms with Crippen molar-refractivity contribution in [2.24, 2.45) is 0 Å². The zero-order valence-corrected chi connectivity index (χ0v) is 18.2. The first kappa shape index (κ1) is 18.7. The van der Waals surface area contributed by atoms with E-state index in [4.69, 9.17) is 4.98 Å². The molecule has 0 spiro atoms. The highest BCUT2D eigenvalue weighted by atomic mass is 15.1. The van der Waals surface area contributed by atoms with Crippen LogP contribution in [0.4, 0.5) is 0 Å². The van der Waals surface area contributed by atoms with E-state index in [1.165, 1.54) is 21.8 Å². The summed E-state index contributed by atoms with van der Waals surface area (Å²) in [5.74, 6) is 0. The van der Waals surface area contributed by atoms with Gasteiger partial charge in [0.2, 0.25) is 0 Å². The lowest BCUT2D eigenvalue weighted by Crippen LogP contribution is -2.00. The number of aromatic nitrogens is 3. The first-order valence-electron chi connectivity index (χ1n) is 11.2. The van der Waals surface area contributed by atoms with Gasteiger partial charge in [0.25, 0.3) is 0 Å². The molecule has 0 atom stereocenters. The number of nitrogens with zero attached hydrogens (tertiary/aromatic N) is 4. The molecule has 34 heavy (non-hydrogen) atoms. The maximum absolute atomic E-state index is 9.30. The van der Waals surface area contributed by atoms with E-state index in [1.54, 1.807) is 0 Å². The van der Waals surface area contributed by atoms with E-state index in [0.29, 0.717) is 5.56 Å². The molecule has 0 aliphatic carbocycles. The molecule has 0 N–H and O–H groups in total. The van der Waals surface area contributed by atoms with E-state index < -0.39 is 0 Å². The lowest BCUT2D eigenvalue weighted by atomic mass is 10.2. The molecule has 4 nitrogen and oxygen atoms in total. The van der Waals surface area contributed by atoms with Crippen molar-refractivity contribution in [2.75, 3.05) is 0 Å². The summed E-state index contributed by atoms with van der Waals surface area (Å²) in [6.45, 7) is 0. The minimum atomic E-state index is 0.644. The number of pyridine rings is 1. The average Bonchev–Trinajstić information content (AvgIpc) is 3.42. The van der Waals surface area contributed by atoms with Crippen LogP contribution in [-0.2, 0) is 0 Å². The number of rotatable bonds is 2. The Morgan fingerprint density at radius 2 is 1.24 bits per heavy atom. The standard InChI is InChI=1S/C30H18N4/c31-19-20-14-16-21(17-15-20)33-27-13-6-18-32-29(27)24-9-5-12-28(30(24)33)34-25-10-3-1-7-22(25)23-8-2-4-11-26(23)34/h1-18H. The molecule has 4 heteroatoms. The molecule has 0 amide bonds. The fraction of sp³-hybridized carbons (Fsp3) is 0. The Balaban J connectivity index is 1.69. The highest BCUT2D eigenvalue weighted by molar-refractivity contribution is 6.13. The largest absolute Gasteiger partial charge is 0.307 e. The number of benzene rings is 4. The monoisotopic (exact) mass is 434 g/mol. The van der Waals surface area contributed by atoms with Crippen molar-refractivity contribution < 1.29 is 0 Å². The molecule has 0 saturated heterocycles. The van der Waals surface area contributed by atoms with Gasteiger partial charge in [-0.15, -0.1) is 0 Å². The summed E-state index contributed by atoms with van der Waals surface area (Å²) < 4.78 is 4.61. The normalized spacial score (nSPS) is 11.5. The van der Waals surface area contributed by atoms with Gasteiger partial charge in [0.15, 0.2) is 0 Å². The third-order valence-corrected chi connectivity index (χ3v) is 6.60. The summed E-state index contributed by atoms with van der Waals surface area (Å²) >= 11 is 0. The Hall–Kier alpha value is -4.88. The van der Waals surface area contributed by atoms with E-state index in [9.17, 15) is 5.26 Å². The number of para-hydroxylation sites is 3. The smallest absolute Gasteiger partial charge is 0.0991 e. The predicted molar refractivity (Wildman–Crippen MR) is 138 cm³/mol. The molecule has 3 aromatic heterocycles. The Bertz CT molecular complexity index is 1860. The van der Waals surface area contributed by atoms with Gasteiger partial charge in [-0.25, -0.2) is 0 Å². The molecule has 0 aliphatic rings. The molecule has 158 valence electrons. The van der Waals surface area contributed by atoms with Gasteiger partial charge in [-0.2, -0.15) is 5.26 Å². The fourth-order valence-electron chi connectivity index (χ4n) is 5.18. The molecular formula is C30H18N4. The maximum atomic E-state index is 9.30. The van der Waals surface area contributed by atoms with E-state index in [1.807, 2.05) is 36.5 Å². The summed E-state index contributed by atoms with van der Waals surface area (Å²) in [6, 6.07) is 37.6. The minimum Gasteiger partial charge on any atom is -0.307 e. The predicted octanol–water partition coefficient (Wildman–Crippen LogP) is 7.15. The van der Waals surface area contributed by atoms with Crippen LogP contribution in [0.1, 0.15) is 5.56 Å². The van der Waals surface area contributed by atoms with Crippen molar-refractivity contribution in [3.05, 3.63) is 115 Å². The van der Waals surface area contributed by atoms with Gasteiger partial charge in [0.1, 0.15) is 0 Å². The molecule has 0 fully saturated rings. The fourth-order valence-corrected chi connectivity index (χ4v) is 5.18. The molecule has 4 aromatic carbocycles. The first-order chi connectivity index (χ1) is 16.8. The van der Waals surface area contributed by atoms with Crippen molar-refractivity contribution >= 4 is 43.7 Å². The molecule has 0 aliphatic heterocycles.